The summed E-state index contributed by atoms with van der Waals surface area (Å²) in [7, 11) is 1.62. The second-order valence-corrected chi connectivity index (χ2v) is 3.65. The highest BCUT2D eigenvalue weighted by molar-refractivity contribution is 5.92. The third-order valence-corrected chi connectivity index (χ3v) is 2.20. The van der Waals surface area contributed by atoms with E-state index in [2.05, 4.69) is 20.7 Å². The Morgan fingerprint density at radius 2 is 2.21 bits per heavy atom. The largest absolute Gasteiger partial charge is 0.382 e. The molecule has 0 atom stereocenters. The van der Waals surface area contributed by atoms with Crippen molar-refractivity contribution in [3.05, 3.63) is 18.1 Å². The number of amides is 1. The molecule has 0 aliphatic heterocycles. The third kappa shape index (κ3) is 6.09. The van der Waals surface area contributed by atoms with E-state index >= 15 is 0 Å². The second-order valence-electron chi connectivity index (χ2n) is 3.65. The fourth-order valence-corrected chi connectivity index (χ4v) is 1.26. The number of ether oxygens (including phenoxy) is 2. The van der Waals surface area contributed by atoms with Gasteiger partial charge in [0.15, 0.2) is 5.82 Å². The van der Waals surface area contributed by atoms with Gasteiger partial charge in [-0.3, -0.25) is 9.78 Å². The molecule has 1 rings (SSSR count). The number of rotatable bonds is 9. The molecule has 0 aromatic carbocycles. The molecule has 0 fully saturated rings. The van der Waals surface area contributed by atoms with Crippen molar-refractivity contribution in [3.63, 3.8) is 0 Å². The molecular formula is C11H19N5O3. The van der Waals surface area contributed by atoms with Gasteiger partial charge in [-0.05, 0) is 6.42 Å². The Morgan fingerprint density at radius 1 is 1.37 bits per heavy atom. The smallest absolute Gasteiger partial charge is 0.271 e. The summed E-state index contributed by atoms with van der Waals surface area (Å²) in [4.78, 5) is 19.5. The lowest BCUT2D eigenvalue weighted by Crippen LogP contribution is -2.27. The number of anilines is 1. The Hall–Kier alpha value is -1.77. The second kappa shape index (κ2) is 9.20. The molecular weight excluding hydrogens is 250 g/mol. The topological polar surface area (TPSA) is 111 Å². The van der Waals surface area contributed by atoms with Crippen LogP contribution in [-0.4, -0.2) is 49.4 Å². The van der Waals surface area contributed by atoms with E-state index in [4.69, 9.17) is 15.3 Å². The summed E-state index contributed by atoms with van der Waals surface area (Å²) in [5.41, 5.74) is 2.55. The van der Waals surface area contributed by atoms with Crippen LogP contribution in [-0.2, 0) is 9.47 Å². The lowest BCUT2D eigenvalue weighted by Gasteiger charge is -2.06. The van der Waals surface area contributed by atoms with Gasteiger partial charge in [-0.25, -0.2) is 10.8 Å². The van der Waals surface area contributed by atoms with Gasteiger partial charge in [-0.15, -0.1) is 0 Å². The van der Waals surface area contributed by atoms with Crippen molar-refractivity contribution >= 4 is 11.7 Å². The normalized spacial score (nSPS) is 10.2. The molecule has 0 unspecified atom stereocenters. The van der Waals surface area contributed by atoms with Gasteiger partial charge in [0.2, 0.25) is 0 Å². The Kier molecular flexibility index (Phi) is 7.40. The van der Waals surface area contributed by atoms with E-state index in [-0.39, 0.29) is 11.6 Å². The zero-order chi connectivity index (χ0) is 13.9. The van der Waals surface area contributed by atoms with E-state index in [1.165, 1.54) is 12.4 Å². The molecule has 0 spiro atoms. The van der Waals surface area contributed by atoms with Crippen LogP contribution in [0.15, 0.2) is 12.4 Å². The predicted molar refractivity (Wildman–Crippen MR) is 69.5 cm³/mol. The number of nitrogens with one attached hydrogen (secondary N) is 2. The molecule has 19 heavy (non-hydrogen) atoms. The molecule has 4 N–H and O–H groups in total. The van der Waals surface area contributed by atoms with E-state index in [9.17, 15) is 4.79 Å². The van der Waals surface area contributed by atoms with Crippen LogP contribution in [0.5, 0.6) is 0 Å². The van der Waals surface area contributed by atoms with Gasteiger partial charge in [0.25, 0.3) is 5.91 Å². The van der Waals surface area contributed by atoms with E-state index in [1.54, 1.807) is 7.11 Å². The zero-order valence-corrected chi connectivity index (χ0v) is 10.9. The first-order valence-corrected chi connectivity index (χ1v) is 5.91. The van der Waals surface area contributed by atoms with Crippen LogP contribution in [0.25, 0.3) is 0 Å². The summed E-state index contributed by atoms with van der Waals surface area (Å²) < 4.78 is 10.1. The highest BCUT2D eigenvalue weighted by Crippen LogP contribution is 1.99. The first-order chi connectivity index (χ1) is 9.27. The molecule has 0 aliphatic rings. The molecule has 0 bridgehead atoms. The monoisotopic (exact) mass is 269 g/mol. The summed E-state index contributed by atoms with van der Waals surface area (Å²) in [5, 5.41) is 2.72. The number of aromatic nitrogens is 2. The number of carbonyl (C=O) groups excluding carboxylic acids is 1. The Bertz CT molecular complexity index is 388. The fraction of sp³-hybridized carbons (Fsp3) is 0.545. The SMILES string of the molecule is COCCOCCCNC(=O)c1cncc(NN)n1. The van der Waals surface area contributed by atoms with Gasteiger partial charge in [0.1, 0.15) is 5.69 Å². The number of methoxy groups -OCH3 is 1. The van der Waals surface area contributed by atoms with Gasteiger partial charge >= 0.3 is 0 Å². The van der Waals surface area contributed by atoms with E-state index in [0.29, 0.717) is 32.2 Å². The van der Waals surface area contributed by atoms with Crippen LogP contribution < -0.4 is 16.6 Å². The zero-order valence-electron chi connectivity index (χ0n) is 10.9. The van der Waals surface area contributed by atoms with Gasteiger partial charge in [-0.1, -0.05) is 0 Å². The van der Waals surface area contributed by atoms with E-state index in [1.807, 2.05) is 0 Å². The highest BCUT2D eigenvalue weighted by Gasteiger charge is 2.07. The molecule has 0 aliphatic carbocycles. The standard InChI is InChI=1S/C11H19N5O3/c1-18-5-6-19-4-2-3-14-11(17)9-7-13-8-10(15-9)16-12/h7-8H,2-6,12H2,1H3,(H,14,17)(H,15,16). The van der Waals surface area contributed by atoms with Gasteiger partial charge in [0, 0.05) is 20.3 Å². The summed E-state index contributed by atoms with van der Waals surface area (Å²) in [5.74, 6) is 5.24. The third-order valence-electron chi connectivity index (χ3n) is 2.20. The van der Waals surface area contributed by atoms with Crippen LogP contribution >= 0.6 is 0 Å². The number of hydrogen-bond donors (Lipinski definition) is 3. The minimum Gasteiger partial charge on any atom is -0.382 e. The minimum absolute atomic E-state index is 0.218. The van der Waals surface area contributed by atoms with Crippen molar-refractivity contribution in [2.45, 2.75) is 6.42 Å². The lowest BCUT2D eigenvalue weighted by molar-refractivity contribution is 0.0688. The predicted octanol–water partition coefficient (Wildman–Crippen LogP) is -0.455. The maximum Gasteiger partial charge on any atom is 0.271 e. The molecule has 1 heterocycles. The average Bonchev–Trinajstić information content (AvgIpc) is 2.46. The molecule has 0 radical (unpaired) electrons. The van der Waals surface area contributed by atoms with Crippen LogP contribution in [0.1, 0.15) is 16.9 Å². The molecule has 0 saturated carbocycles. The van der Waals surface area contributed by atoms with Crippen molar-refractivity contribution < 1.29 is 14.3 Å². The quantitative estimate of drug-likeness (QED) is 0.316. The van der Waals surface area contributed by atoms with Crippen LogP contribution in [0.4, 0.5) is 5.82 Å². The molecule has 8 heteroatoms. The van der Waals surface area contributed by atoms with Gasteiger partial charge in [-0.2, -0.15) is 0 Å². The molecule has 1 aromatic rings. The van der Waals surface area contributed by atoms with E-state index in [0.717, 1.165) is 6.42 Å². The summed E-state index contributed by atoms with van der Waals surface area (Å²) in [6, 6.07) is 0. The van der Waals surface area contributed by atoms with Gasteiger partial charge < -0.3 is 20.2 Å². The maximum absolute atomic E-state index is 11.7. The van der Waals surface area contributed by atoms with Crippen LogP contribution in [0, 0.1) is 0 Å². The Labute approximate surface area is 111 Å². The van der Waals surface area contributed by atoms with E-state index < -0.39 is 0 Å². The van der Waals surface area contributed by atoms with Gasteiger partial charge in [0.05, 0.1) is 25.6 Å². The van der Waals surface area contributed by atoms with Crippen molar-refractivity contribution in [2.24, 2.45) is 5.84 Å². The first kappa shape index (κ1) is 15.3. The minimum atomic E-state index is -0.290. The Morgan fingerprint density at radius 3 is 2.95 bits per heavy atom. The summed E-state index contributed by atoms with van der Waals surface area (Å²) in [6.07, 6.45) is 3.53. The average molecular weight is 269 g/mol. The number of nitrogens with two attached hydrogens (primary N) is 1. The number of carbonyl (C=O) groups is 1. The van der Waals surface area contributed by atoms with Crippen molar-refractivity contribution in [1.82, 2.24) is 15.3 Å². The number of nitrogens with zero attached hydrogens (tertiary/aromatic N) is 2. The summed E-state index contributed by atoms with van der Waals surface area (Å²) in [6.45, 7) is 2.20. The number of nitrogen functional groups attached to an aromatic ring is 1. The Balaban J connectivity index is 2.20. The molecule has 8 nitrogen and oxygen atoms in total. The molecule has 0 saturated heterocycles. The van der Waals surface area contributed by atoms with Crippen LogP contribution in [0.3, 0.4) is 0 Å². The van der Waals surface area contributed by atoms with Crippen molar-refractivity contribution in [1.29, 1.82) is 0 Å². The number of hydrazine groups is 1. The fourth-order valence-electron chi connectivity index (χ4n) is 1.26. The maximum atomic E-state index is 11.7. The summed E-state index contributed by atoms with van der Waals surface area (Å²) >= 11 is 0. The van der Waals surface area contributed by atoms with Crippen LogP contribution in [0.2, 0.25) is 0 Å². The lowest BCUT2D eigenvalue weighted by atomic mass is 10.4. The number of hydrogen-bond acceptors (Lipinski definition) is 7. The molecule has 1 aromatic heterocycles. The van der Waals surface area contributed by atoms with Crippen molar-refractivity contribution in [3.8, 4) is 0 Å². The molecule has 1 amide bonds. The van der Waals surface area contributed by atoms with Crippen molar-refractivity contribution in [2.75, 3.05) is 38.9 Å². The molecule has 106 valence electrons. The first-order valence-electron chi connectivity index (χ1n) is 5.91. The highest BCUT2D eigenvalue weighted by atomic mass is 16.5.